The van der Waals surface area contributed by atoms with Crippen LogP contribution >= 0.6 is 0 Å². The first kappa shape index (κ1) is 8.10. The molecule has 1 aromatic carbocycles. The van der Waals surface area contributed by atoms with E-state index in [1.54, 1.807) is 18.2 Å². The summed E-state index contributed by atoms with van der Waals surface area (Å²) in [6, 6.07) is 8.67. The van der Waals surface area contributed by atoms with Crippen LogP contribution in [0.4, 0.5) is 8.78 Å². The van der Waals surface area contributed by atoms with E-state index in [1.165, 1.54) is 12.3 Å². The molecule has 1 aromatic heterocycles. The lowest BCUT2D eigenvalue weighted by Gasteiger charge is -2.00. The smallest absolute Gasteiger partial charge is 0.256 e. The lowest BCUT2D eigenvalue weighted by atomic mass is 10.2. The Morgan fingerprint density at radius 2 is 1.92 bits per heavy atom. The maximum Gasteiger partial charge on any atom is 0.265 e. The second kappa shape index (κ2) is 3.09. The van der Waals surface area contributed by atoms with E-state index in [-0.39, 0.29) is 5.56 Å². The van der Waals surface area contributed by atoms with Crippen molar-refractivity contribution in [3.05, 3.63) is 42.1 Å². The highest BCUT2D eigenvalue weighted by molar-refractivity contribution is 5.78. The van der Waals surface area contributed by atoms with Gasteiger partial charge in [-0.2, -0.15) is 0 Å². The topological polar surface area (TPSA) is 12.9 Å². The molecule has 0 aliphatic rings. The SMILES string of the molecule is FC(F)c1cnc2ccccc2c1. The van der Waals surface area contributed by atoms with Gasteiger partial charge in [0.2, 0.25) is 0 Å². The predicted octanol–water partition coefficient (Wildman–Crippen LogP) is 3.17. The second-order valence-electron chi connectivity index (χ2n) is 2.76. The van der Waals surface area contributed by atoms with E-state index >= 15 is 0 Å². The zero-order chi connectivity index (χ0) is 9.26. The van der Waals surface area contributed by atoms with Crippen LogP contribution in [0.25, 0.3) is 10.9 Å². The second-order valence-corrected chi connectivity index (χ2v) is 2.76. The van der Waals surface area contributed by atoms with Gasteiger partial charge in [0.05, 0.1) is 5.52 Å². The number of hydrogen-bond donors (Lipinski definition) is 0. The van der Waals surface area contributed by atoms with Crippen LogP contribution in [0.2, 0.25) is 0 Å². The number of aromatic nitrogens is 1. The fraction of sp³-hybridized carbons (Fsp3) is 0.100. The zero-order valence-electron chi connectivity index (χ0n) is 6.74. The van der Waals surface area contributed by atoms with Crippen LogP contribution in [-0.2, 0) is 0 Å². The van der Waals surface area contributed by atoms with Gasteiger partial charge in [-0.3, -0.25) is 4.98 Å². The molecule has 0 unspecified atom stereocenters. The summed E-state index contributed by atoms with van der Waals surface area (Å²) in [5.41, 5.74) is 0.714. The summed E-state index contributed by atoms with van der Waals surface area (Å²) in [6.07, 6.45) is -1.23. The molecule has 0 bridgehead atoms. The van der Waals surface area contributed by atoms with Crippen LogP contribution in [0.15, 0.2) is 36.5 Å². The number of nitrogens with zero attached hydrogens (tertiary/aromatic N) is 1. The molecule has 0 aliphatic heterocycles. The summed E-state index contributed by atoms with van der Waals surface area (Å²) in [5.74, 6) is 0. The minimum Gasteiger partial charge on any atom is -0.256 e. The Kier molecular flexibility index (Phi) is 1.93. The Hall–Kier alpha value is -1.51. The third-order valence-corrected chi connectivity index (χ3v) is 1.86. The van der Waals surface area contributed by atoms with Crippen molar-refractivity contribution in [1.29, 1.82) is 0 Å². The first-order valence-electron chi connectivity index (χ1n) is 3.90. The highest BCUT2D eigenvalue weighted by Gasteiger charge is 2.07. The van der Waals surface area contributed by atoms with Crippen molar-refractivity contribution in [1.82, 2.24) is 4.98 Å². The first-order chi connectivity index (χ1) is 6.27. The molecule has 0 N–H and O–H groups in total. The molecule has 66 valence electrons. The van der Waals surface area contributed by atoms with Gasteiger partial charge in [-0.15, -0.1) is 0 Å². The molecule has 0 aliphatic carbocycles. The van der Waals surface area contributed by atoms with E-state index in [0.717, 1.165) is 10.9 Å². The van der Waals surface area contributed by atoms with Gasteiger partial charge < -0.3 is 0 Å². The van der Waals surface area contributed by atoms with Gasteiger partial charge >= 0.3 is 0 Å². The van der Waals surface area contributed by atoms with Crippen molar-refractivity contribution in [2.24, 2.45) is 0 Å². The van der Waals surface area contributed by atoms with Gasteiger partial charge in [0, 0.05) is 17.1 Å². The maximum atomic E-state index is 12.3. The van der Waals surface area contributed by atoms with Crippen LogP contribution in [0, 0.1) is 0 Å². The molecule has 0 saturated carbocycles. The van der Waals surface area contributed by atoms with Crippen molar-refractivity contribution < 1.29 is 8.78 Å². The minimum absolute atomic E-state index is 0.0290. The molecule has 2 rings (SSSR count). The van der Waals surface area contributed by atoms with Gasteiger partial charge in [0.25, 0.3) is 6.43 Å². The summed E-state index contributed by atoms with van der Waals surface area (Å²) in [7, 11) is 0. The average molecular weight is 179 g/mol. The van der Waals surface area contributed by atoms with Crippen molar-refractivity contribution >= 4 is 10.9 Å². The number of rotatable bonds is 1. The van der Waals surface area contributed by atoms with E-state index in [9.17, 15) is 8.78 Å². The molecule has 13 heavy (non-hydrogen) atoms. The quantitative estimate of drug-likeness (QED) is 0.655. The van der Waals surface area contributed by atoms with Crippen LogP contribution in [0.3, 0.4) is 0 Å². The largest absolute Gasteiger partial charge is 0.265 e. The van der Waals surface area contributed by atoms with Gasteiger partial charge in [-0.1, -0.05) is 18.2 Å². The molecule has 3 heteroatoms. The molecule has 0 saturated heterocycles. The number of fused-ring (bicyclic) bond motifs is 1. The normalized spacial score (nSPS) is 11.0. The molecule has 1 heterocycles. The number of alkyl halides is 2. The van der Waals surface area contributed by atoms with Crippen molar-refractivity contribution in [2.75, 3.05) is 0 Å². The summed E-state index contributed by atoms with van der Waals surface area (Å²) in [6.45, 7) is 0. The number of pyridine rings is 1. The molecule has 0 atom stereocenters. The molecular formula is C10H7F2N. The standard InChI is InChI=1S/C10H7F2N/c11-10(12)8-5-7-3-1-2-4-9(7)13-6-8/h1-6,10H. The fourth-order valence-corrected chi connectivity index (χ4v) is 1.21. The van der Waals surface area contributed by atoms with Gasteiger partial charge in [-0.25, -0.2) is 8.78 Å². The van der Waals surface area contributed by atoms with Crippen LogP contribution in [-0.4, -0.2) is 4.98 Å². The van der Waals surface area contributed by atoms with E-state index in [1.807, 2.05) is 6.07 Å². The number of hydrogen-bond acceptors (Lipinski definition) is 1. The minimum atomic E-state index is -2.45. The number of para-hydroxylation sites is 1. The molecule has 0 spiro atoms. The lowest BCUT2D eigenvalue weighted by Crippen LogP contribution is -1.86. The third-order valence-electron chi connectivity index (χ3n) is 1.86. The third kappa shape index (κ3) is 1.49. The monoisotopic (exact) mass is 179 g/mol. The molecule has 0 radical (unpaired) electrons. The number of benzene rings is 1. The van der Waals surface area contributed by atoms with Gasteiger partial charge in [0.1, 0.15) is 0 Å². The van der Waals surface area contributed by atoms with Crippen LogP contribution in [0.5, 0.6) is 0 Å². The van der Waals surface area contributed by atoms with E-state index < -0.39 is 6.43 Å². The number of halogens is 2. The summed E-state index contributed by atoms with van der Waals surface area (Å²) in [5, 5.41) is 0.750. The Morgan fingerprint density at radius 1 is 1.15 bits per heavy atom. The summed E-state index contributed by atoms with van der Waals surface area (Å²) in [4.78, 5) is 3.92. The lowest BCUT2D eigenvalue weighted by molar-refractivity contribution is 0.151. The molecule has 0 amide bonds. The highest BCUT2D eigenvalue weighted by Crippen LogP contribution is 2.21. The Bertz CT molecular complexity index is 426. The van der Waals surface area contributed by atoms with Gasteiger partial charge in [0.15, 0.2) is 0 Å². The van der Waals surface area contributed by atoms with Crippen LogP contribution < -0.4 is 0 Å². The predicted molar refractivity (Wildman–Crippen MR) is 46.7 cm³/mol. The average Bonchev–Trinajstić information content (AvgIpc) is 2.17. The van der Waals surface area contributed by atoms with E-state index in [4.69, 9.17) is 0 Å². The molecular weight excluding hydrogens is 172 g/mol. The summed E-state index contributed by atoms with van der Waals surface area (Å²) < 4.78 is 24.5. The van der Waals surface area contributed by atoms with Crippen LogP contribution in [0.1, 0.15) is 12.0 Å². The molecule has 2 aromatic rings. The van der Waals surface area contributed by atoms with Gasteiger partial charge in [-0.05, 0) is 12.1 Å². The molecule has 0 fully saturated rings. The first-order valence-corrected chi connectivity index (χ1v) is 3.90. The zero-order valence-corrected chi connectivity index (χ0v) is 6.74. The van der Waals surface area contributed by atoms with E-state index in [0.29, 0.717) is 0 Å². The van der Waals surface area contributed by atoms with Crippen molar-refractivity contribution in [3.63, 3.8) is 0 Å². The highest BCUT2D eigenvalue weighted by atomic mass is 19.3. The van der Waals surface area contributed by atoms with E-state index in [2.05, 4.69) is 4.98 Å². The Balaban J connectivity index is 2.62. The Morgan fingerprint density at radius 3 is 2.69 bits per heavy atom. The summed E-state index contributed by atoms with van der Waals surface area (Å²) >= 11 is 0. The maximum absolute atomic E-state index is 12.3. The molecule has 1 nitrogen and oxygen atoms in total. The van der Waals surface area contributed by atoms with Crippen molar-refractivity contribution in [3.8, 4) is 0 Å². The fourth-order valence-electron chi connectivity index (χ4n) is 1.21. The van der Waals surface area contributed by atoms with Crippen molar-refractivity contribution in [2.45, 2.75) is 6.43 Å². The Labute approximate surface area is 74.0 Å².